The van der Waals surface area contributed by atoms with Gasteiger partial charge in [0.25, 0.3) is 0 Å². The van der Waals surface area contributed by atoms with Gasteiger partial charge in [-0.1, -0.05) is 41.4 Å². The molecule has 0 amide bonds. The number of aryl methyl sites for hydroxylation is 1. The molecular formula is C18H20Cl2N2O2S. The molecule has 1 heterocycles. The monoisotopic (exact) mass is 398 g/mol. The molecule has 7 heteroatoms. The molecule has 4 nitrogen and oxygen atoms in total. The van der Waals surface area contributed by atoms with Crippen LogP contribution in [-0.2, 0) is 10.0 Å². The summed E-state index contributed by atoms with van der Waals surface area (Å²) in [7, 11) is -3.69. The number of anilines is 1. The predicted octanol–water partition coefficient (Wildman–Crippen LogP) is 4.25. The fourth-order valence-electron chi connectivity index (χ4n) is 3.13. The van der Waals surface area contributed by atoms with E-state index < -0.39 is 10.0 Å². The average molecular weight is 399 g/mol. The van der Waals surface area contributed by atoms with E-state index in [0.717, 1.165) is 25.1 Å². The minimum Gasteiger partial charge on any atom is -0.367 e. The van der Waals surface area contributed by atoms with Crippen LogP contribution in [0.1, 0.15) is 18.4 Å². The number of hydrogen-bond acceptors (Lipinski definition) is 3. The van der Waals surface area contributed by atoms with Crippen LogP contribution in [0.4, 0.5) is 5.69 Å². The van der Waals surface area contributed by atoms with Crippen LogP contribution in [0.25, 0.3) is 0 Å². The molecular weight excluding hydrogens is 379 g/mol. The van der Waals surface area contributed by atoms with Crippen LogP contribution >= 0.6 is 23.2 Å². The van der Waals surface area contributed by atoms with Crippen LogP contribution in [0.5, 0.6) is 0 Å². The van der Waals surface area contributed by atoms with E-state index in [1.165, 1.54) is 12.1 Å². The topological polar surface area (TPSA) is 49.4 Å². The molecule has 2 aromatic rings. The molecule has 0 radical (unpaired) electrons. The number of benzene rings is 2. The number of nitrogens with one attached hydrogen (secondary N) is 1. The standard InChI is InChI=1S/C18H20Cl2N2O2S/c1-13-10-18(17(20)11-16(13)19)25(23,24)21-12-15-8-5-9-22(15)14-6-3-2-4-7-14/h2-4,6-7,10-11,15,21H,5,8-9,12H2,1H3. The minimum atomic E-state index is -3.69. The van der Waals surface area contributed by atoms with Crippen molar-refractivity contribution in [3.05, 3.63) is 58.1 Å². The molecule has 0 bridgehead atoms. The second kappa shape index (κ2) is 7.54. The quantitative estimate of drug-likeness (QED) is 0.818. The van der Waals surface area contributed by atoms with Gasteiger partial charge >= 0.3 is 0 Å². The first-order valence-corrected chi connectivity index (χ1v) is 10.4. The van der Waals surface area contributed by atoms with E-state index in [1.807, 2.05) is 30.3 Å². The second-order valence-electron chi connectivity index (χ2n) is 6.21. The van der Waals surface area contributed by atoms with Crippen molar-refractivity contribution in [2.75, 3.05) is 18.0 Å². The van der Waals surface area contributed by atoms with Crippen molar-refractivity contribution in [3.8, 4) is 0 Å². The van der Waals surface area contributed by atoms with Crippen molar-refractivity contribution in [3.63, 3.8) is 0 Å². The second-order valence-corrected chi connectivity index (χ2v) is 8.76. The van der Waals surface area contributed by atoms with Gasteiger partial charge in [0, 0.05) is 29.8 Å². The van der Waals surface area contributed by atoms with Gasteiger partial charge in [0.15, 0.2) is 0 Å². The van der Waals surface area contributed by atoms with Gasteiger partial charge < -0.3 is 4.90 Å². The van der Waals surface area contributed by atoms with Crippen LogP contribution in [0.15, 0.2) is 47.4 Å². The minimum absolute atomic E-state index is 0.0697. The lowest BCUT2D eigenvalue weighted by atomic mass is 10.2. The Hall–Kier alpha value is -1.27. The highest BCUT2D eigenvalue weighted by Gasteiger charge is 2.27. The van der Waals surface area contributed by atoms with E-state index in [-0.39, 0.29) is 16.0 Å². The van der Waals surface area contributed by atoms with E-state index in [1.54, 1.807) is 6.92 Å². The zero-order chi connectivity index (χ0) is 18.0. The molecule has 1 N–H and O–H groups in total. The van der Waals surface area contributed by atoms with Gasteiger partial charge in [-0.2, -0.15) is 0 Å². The molecule has 1 atom stereocenters. The summed E-state index contributed by atoms with van der Waals surface area (Å²) in [5.74, 6) is 0. The highest BCUT2D eigenvalue weighted by Crippen LogP contribution is 2.29. The molecule has 1 saturated heterocycles. The maximum Gasteiger partial charge on any atom is 0.242 e. The van der Waals surface area contributed by atoms with E-state index in [9.17, 15) is 8.42 Å². The highest BCUT2D eigenvalue weighted by molar-refractivity contribution is 7.89. The lowest BCUT2D eigenvalue weighted by Gasteiger charge is -2.27. The summed E-state index contributed by atoms with van der Waals surface area (Å²) in [6.07, 6.45) is 1.99. The Morgan fingerprint density at radius 2 is 1.88 bits per heavy atom. The van der Waals surface area contributed by atoms with E-state index in [4.69, 9.17) is 23.2 Å². The lowest BCUT2D eigenvalue weighted by Crippen LogP contribution is -2.40. The van der Waals surface area contributed by atoms with Gasteiger partial charge in [-0.3, -0.25) is 0 Å². The molecule has 0 spiro atoms. The molecule has 1 aliphatic rings. The largest absolute Gasteiger partial charge is 0.367 e. The number of rotatable bonds is 5. The Bertz CT molecular complexity index is 857. The number of sulfonamides is 1. The highest BCUT2D eigenvalue weighted by atomic mass is 35.5. The summed E-state index contributed by atoms with van der Waals surface area (Å²) in [6.45, 7) is 3.03. The zero-order valence-electron chi connectivity index (χ0n) is 13.9. The first-order valence-electron chi connectivity index (χ1n) is 8.15. The van der Waals surface area contributed by atoms with Crippen LogP contribution in [0.3, 0.4) is 0 Å². The summed E-state index contributed by atoms with van der Waals surface area (Å²) in [6, 6.07) is 13.2. The summed E-state index contributed by atoms with van der Waals surface area (Å²) >= 11 is 12.1. The van der Waals surface area contributed by atoms with Crippen molar-refractivity contribution < 1.29 is 8.42 Å². The number of nitrogens with zero attached hydrogens (tertiary/aromatic N) is 1. The zero-order valence-corrected chi connectivity index (χ0v) is 16.2. The molecule has 3 rings (SSSR count). The molecule has 0 aliphatic carbocycles. The normalized spacial score (nSPS) is 17.9. The van der Waals surface area contributed by atoms with Gasteiger partial charge in [-0.05, 0) is 49.6 Å². The van der Waals surface area contributed by atoms with Crippen LogP contribution in [0.2, 0.25) is 10.0 Å². The lowest BCUT2D eigenvalue weighted by molar-refractivity contribution is 0.567. The molecule has 1 fully saturated rings. The Kier molecular flexibility index (Phi) is 5.58. The summed E-state index contributed by atoms with van der Waals surface area (Å²) in [5.41, 5.74) is 1.79. The van der Waals surface area contributed by atoms with E-state index >= 15 is 0 Å². The SMILES string of the molecule is Cc1cc(S(=O)(=O)NCC2CCCN2c2ccccc2)c(Cl)cc1Cl. The number of para-hydroxylation sites is 1. The number of hydrogen-bond donors (Lipinski definition) is 1. The first kappa shape index (κ1) is 18.5. The Morgan fingerprint density at radius 3 is 2.60 bits per heavy atom. The summed E-state index contributed by atoms with van der Waals surface area (Å²) < 4.78 is 28.0. The molecule has 1 aliphatic heterocycles. The fourth-order valence-corrected chi connectivity index (χ4v) is 5.03. The molecule has 1 unspecified atom stereocenters. The van der Waals surface area contributed by atoms with E-state index in [2.05, 4.69) is 9.62 Å². The molecule has 0 aromatic heterocycles. The van der Waals surface area contributed by atoms with Gasteiger partial charge in [0.05, 0.1) is 5.02 Å². The molecule has 134 valence electrons. The van der Waals surface area contributed by atoms with Crippen molar-refractivity contribution in [1.29, 1.82) is 0 Å². The molecule has 2 aromatic carbocycles. The van der Waals surface area contributed by atoms with Crippen molar-refractivity contribution in [2.45, 2.75) is 30.7 Å². The molecule has 0 saturated carbocycles. The Labute approximate surface area is 158 Å². The maximum absolute atomic E-state index is 12.7. The predicted molar refractivity (Wildman–Crippen MR) is 103 cm³/mol. The van der Waals surface area contributed by atoms with Gasteiger partial charge in [0.1, 0.15) is 4.90 Å². The Balaban J connectivity index is 1.75. The third-order valence-corrected chi connectivity index (χ3v) is 6.77. The van der Waals surface area contributed by atoms with Crippen LogP contribution in [-0.4, -0.2) is 27.5 Å². The Morgan fingerprint density at radius 1 is 1.16 bits per heavy atom. The van der Waals surface area contributed by atoms with Crippen molar-refractivity contribution in [1.82, 2.24) is 4.72 Å². The van der Waals surface area contributed by atoms with Crippen molar-refractivity contribution >= 4 is 38.9 Å². The third kappa shape index (κ3) is 4.11. The van der Waals surface area contributed by atoms with Crippen LogP contribution < -0.4 is 9.62 Å². The summed E-state index contributed by atoms with van der Waals surface area (Å²) in [5, 5.41) is 0.587. The first-order chi connectivity index (χ1) is 11.9. The fraction of sp³-hybridized carbons (Fsp3) is 0.333. The average Bonchev–Trinajstić information content (AvgIpc) is 3.06. The molecule has 25 heavy (non-hydrogen) atoms. The summed E-state index contributed by atoms with van der Waals surface area (Å²) in [4.78, 5) is 2.32. The number of halogens is 2. The van der Waals surface area contributed by atoms with Gasteiger partial charge in [0.2, 0.25) is 10.0 Å². The smallest absolute Gasteiger partial charge is 0.242 e. The van der Waals surface area contributed by atoms with Crippen molar-refractivity contribution in [2.24, 2.45) is 0 Å². The van der Waals surface area contributed by atoms with Crippen LogP contribution in [0, 0.1) is 6.92 Å². The third-order valence-electron chi connectivity index (χ3n) is 4.48. The van der Waals surface area contributed by atoms with Gasteiger partial charge in [-0.15, -0.1) is 0 Å². The van der Waals surface area contributed by atoms with E-state index in [0.29, 0.717) is 17.1 Å². The maximum atomic E-state index is 12.7. The van der Waals surface area contributed by atoms with Gasteiger partial charge in [-0.25, -0.2) is 13.1 Å².